The molecule has 0 heterocycles. The number of hydrogen-bond donors (Lipinski definition) is 1. The summed E-state index contributed by atoms with van der Waals surface area (Å²) in [7, 11) is 0. The molecule has 0 fully saturated rings. The van der Waals surface area contributed by atoms with Crippen molar-refractivity contribution in [3.63, 3.8) is 0 Å². The lowest BCUT2D eigenvalue weighted by molar-refractivity contribution is 0.363. The molecule has 0 atom stereocenters. The predicted octanol–water partition coefficient (Wildman–Crippen LogP) is 2.17. The summed E-state index contributed by atoms with van der Waals surface area (Å²) in [6.45, 7) is 4.82. The van der Waals surface area contributed by atoms with Gasteiger partial charge in [0.05, 0.1) is 0 Å². The van der Waals surface area contributed by atoms with Crippen LogP contribution < -0.4 is 10.5 Å². The molecule has 78 valence electrons. The molecule has 0 unspecified atom stereocenters. The molecule has 1 rings (SSSR count). The summed E-state index contributed by atoms with van der Waals surface area (Å²) < 4.78 is 5.34. The van der Waals surface area contributed by atoms with Crippen LogP contribution in [-0.2, 0) is 6.42 Å². The van der Waals surface area contributed by atoms with Crippen molar-refractivity contribution >= 4 is 12.4 Å². The van der Waals surface area contributed by atoms with Gasteiger partial charge in [-0.05, 0) is 30.7 Å². The van der Waals surface area contributed by atoms with Crippen molar-refractivity contribution in [2.45, 2.75) is 6.42 Å². The van der Waals surface area contributed by atoms with Gasteiger partial charge in [0, 0.05) is 0 Å². The molecule has 0 radical (unpaired) electrons. The molecule has 0 aliphatic heterocycles. The minimum atomic E-state index is 0. The van der Waals surface area contributed by atoms with Gasteiger partial charge in [0.25, 0.3) is 0 Å². The van der Waals surface area contributed by atoms with Crippen LogP contribution in [0.3, 0.4) is 0 Å². The SMILES string of the molecule is C=CCOc1ccc(CCN)cc1.Cl. The van der Waals surface area contributed by atoms with Gasteiger partial charge in [0.2, 0.25) is 0 Å². The van der Waals surface area contributed by atoms with Crippen LogP contribution in [0.5, 0.6) is 5.75 Å². The molecule has 1 aromatic rings. The van der Waals surface area contributed by atoms with E-state index >= 15 is 0 Å². The summed E-state index contributed by atoms with van der Waals surface area (Å²) in [5.74, 6) is 0.876. The second-order valence-corrected chi connectivity index (χ2v) is 2.78. The first-order valence-electron chi connectivity index (χ1n) is 4.39. The highest BCUT2D eigenvalue weighted by molar-refractivity contribution is 5.85. The van der Waals surface area contributed by atoms with Crippen molar-refractivity contribution in [1.29, 1.82) is 0 Å². The third-order valence-electron chi connectivity index (χ3n) is 1.72. The Kier molecular flexibility index (Phi) is 6.89. The molecular formula is C11H16ClNO. The van der Waals surface area contributed by atoms with Gasteiger partial charge in [-0.2, -0.15) is 0 Å². The normalized spacial score (nSPS) is 8.93. The minimum absolute atomic E-state index is 0. The zero-order valence-electron chi connectivity index (χ0n) is 8.11. The van der Waals surface area contributed by atoms with E-state index in [1.165, 1.54) is 5.56 Å². The van der Waals surface area contributed by atoms with Crippen LogP contribution in [0.15, 0.2) is 36.9 Å². The number of halogens is 1. The Bertz CT molecular complexity index is 258. The van der Waals surface area contributed by atoms with Crippen molar-refractivity contribution in [1.82, 2.24) is 0 Å². The average molecular weight is 214 g/mol. The minimum Gasteiger partial charge on any atom is -0.490 e. The molecule has 0 aliphatic carbocycles. The smallest absolute Gasteiger partial charge is 0.119 e. The Morgan fingerprint density at radius 3 is 2.43 bits per heavy atom. The number of nitrogens with two attached hydrogens (primary N) is 1. The molecule has 14 heavy (non-hydrogen) atoms. The van der Waals surface area contributed by atoms with E-state index in [2.05, 4.69) is 6.58 Å². The van der Waals surface area contributed by atoms with E-state index < -0.39 is 0 Å². The quantitative estimate of drug-likeness (QED) is 0.761. The standard InChI is InChI=1S/C11H15NO.ClH/c1-2-9-13-11-5-3-10(4-6-11)7-8-12;/h2-6H,1,7-9,12H2;1H. The van der Waals surface area contributed by atoms with Gasteiger partial charge in [-0.25, -0.2) is 0 Å². The monoisotopic (exact) mass is 213 g/mol. The highest BCUT2D eigenvalue weighted by Crippen LogP contribution is 2.11. The van der Waals surface area contributed by atoms with Crippen LogP contribution in [0.2, 0.25) is 0 Å². The maximum atomic E-state index is 5.43. The molecule has 0 saturated carbocycles. The first kappa shape index (κ1) is 13.0. The summed E-state index contributed by atoms with van der Waals surface area (Å²) in [4.78, 5) is 0. The number of rotatable bonds is 5. The van der Waals surface area contributed by atoms with Gasteiger partial charge < -0.3 is 10.5 Å². The van der Waals surface area contributed by atoms with Crippen molar-refractivity contribution in [2.24, 2.45) is 5.73 Å². The molecule has 0 bridgehead atoms. The first-order valence-corrected chi connectivity index (χ1v) is 4.39. The van der Waals surface area contributed by atoms with E-state index in [-0.39, 0.29) is 12.4 Å². The summed E-state index contributed by atoms with van der Waals surface area (Å²) in [6.07, 6.45) is 2.65. The summed E-state index contributed by atoms with van der Waals surface area (Å²) in [5.41, 5.74) is 6.68. The van der Waals surface area contributed by atoms with Gasteiger partial charge in [-0.3, -0.25) is 0 Å². The van der Waals surface area contributed by atoms with Crippen LogP contribution in [0.1, 0.15) is 5.56 Å². The van der Waals surface area contributed by atoms with Gasteiger partial charge in [0.1, 0.15) is 12.4 Å². The molecule has 0 spiro atoms. The highest BCUT2D eigenvalue weighted by atomic mass is 35.5. The summed E-state index contributed by atoms with van der Waals surface area (Å²) in [5, 5.41) is 0. The largest absolute Gasteiger partial charge is 0.490 e. The van der Waals surface area contributed by atoms with Crippen molar-refractivity contribution < 1.29 is 4.74 Å². The summed E-state index contributed by atoms with van der Waals surface area (Å²) >= 11 is 0. The molecule has 2 N–H and O–H groups in total. The Morgan fingerprint density at radius 2 is 1.93 bits per heavy atom. The Morgan fingerprint density at radius 1 is 1.29 bits per heavy atom. The van der Waals surface area contributed by atoms with E-state index in [1.54, 1.807) is 6.08 Å². The maximum absolute atomic E-state index is 5.43. The van der Waals surface area contributed by atoms with Crippen LogP contribution in [0.4, 0.5) is 0 Å². The van der Waals surface area contributed by atoms with E-state index in [0.29, 0.717) is 13.2 Å². The van der Waals surface area contributed by atoms with E-state index in [4.69, 9.17) is 10.5 Å². The van der Waals surface area contributed by atoms with Crippen LogP contribution in [0.25, 0.3) is 0 Å². The number of benzene rings is 1. The topological polar surface area (TPSA) is 35.2 Å². The molecule has 1 aromatic carbocycles. The third kappa shape index (κ3) is 4.30. The lowest BCUT2D eigenvalue weighted by Crippen LogP contribution is -2.02. The molecule has 0 aliphatic rings. The lowest BCUT2D eigenvalue weighted by Gasteiger charge is -2.03. The van der Waals surface area contributed by atoms with Crippen LogP contribution in [-0.4, -0.2) is 13.2 Å². The fourth-order valence-corrected chi connectivity index (χ4v) is 1.07. The molecule has 0 saturated heterocycles. The van der Waals surface area contributed by atoms with Crippen molar-refractivity contribution in [2.75, 3.05) is 13.2 Å². The summed E-state index contributed by atoms with van der Waals surface area (Å²) in [6, 6.07) is 7.97. The molecule has 2 nitrogen and oxygen atoms in total. The number of ether oxygens (including phenoxy) is 1. The predicted molar refractivity (Wildman–Crippen MR) is 62.1 cm³/mol. The maximum Gasteiger partial charge on any atom is 0.119 e. The molecule has 0 aromatic heterocycles. The van der Waals surface area contributed by atoms with Gasteiger partial charge >= 0.3 is 0 Å². The van der Waals surface area contributed by atoms with Gasteiger partial charge in [-0.15, -0.1) is 12.4 Å². The van der Waals surface area contributed by atoms with Crippen LogP contribution in [0, 0.1) is 0 Å². The Labute approximate surface area is 91.2 Å². The van der Waals surface area contributed by atoms with E-state index in [1.807, 2.05) is 24.3 Å². The zero-order valence-corrected chi connectivity index (χ0v) is 8.93. The molecule has 3 heteroatoms. The molecule has 0 amide bonds. The Balaban J connectivity index is 0.00000169. The van der Waals surface area contributed by atoms with Gasteiger partial charge in [0.15, 0.2) is 0 Å². The Hall–Kier alpha value is -0.990. The van der Waals surface area contributed by atoms with E-state index in [0.717, 1.165) is 12.2 Å². The van der Waals surface area contributed by atoms with Crippen LogP contribution >= 0.6 is 12.4 Å². The van der Waals surface area contributed by atoms with E-state index in [9.17, 15) is 0 Å². The first-order chi connectivity index (χ1) is 6.36. The average Bonchev–Trinajstić information content (AvgIpc) is 2.17. The fraction of sp³-hybridized carbons (Fsp3) is 0.273. The third-order valence-corrected chi connectivity index (χ3v) is 1.72. The van der Waals surface area contributed by atoms with Crippen molar-refractivity contribution in [3.8, 4) is 5.75 Å². The fourth-order valence-electron chi connectivity index (χ4n) is 1.07. The number of hydrogen-bond acceptors (Lipinski definition) is 2. The highest BCUT2D eigenvalue weighted by Gasteiger charge is 1.93. The lowest BCUT2D eigenvalue weighted by atomic mass is 10.1. The van der Waals surface area contributed by atoms with Crippen molar-refractivity contribution in [3.05, 3.63) is 42.5 Å². The van der Waals surface area contributed by atoms with Gasteiger partial charge in [-0.1, -0.05) is 24.8 Å². The molecular weight excluding hydrogens is 198 g/mol. The zero-order chi connectivity index (χ0) is 9.52. The second kappa shape index (κ2) is 7.42. The second-order valence-electron chi connectivity index (χ2n) is 2.78.